The Morgan fingerprint density at radius 2 is 2.10 bits per heavy atom. The van der Waals surface area contributed by atoms with Crippen molar-refractivity contribution < 1.29 is 8.81 Å². The van der Waals surface area contributed by atoms with Gasteiger partial charge in [-0.3, -0.25) is 0 Å². The molecule has 0 aliphatic heterocycles. The second-order valence-corrected chi connectivity index (χ2v) is 5.73. The molecule has 0 radical (unpaired) electrons. The van der Waals surface area contributed by atoms with Crippen molar-refractivity contribution in [3.8, 4) is 10.6 Å². The lowest BCUT2D eigenvalue weighted by Gasteiger charge is -2.04. The summed E-state index contributed by atoms with van der Waals surface area (Å²) in [5.41, 5.74) is 0.736. The van der Waals surface area contributed by atoms with E-state index < -0.39 is 0 Å². The maximum Gasteiger partial charge on any atom is 0.145 e. The molecule has 1 aromatic carbocycles. The first kappa shape index (κ1) is 14.0. The zero-order chi connectivity index (χ0) is 14.5. The van der Waals surface area contributed by atoms with Crippen LogP contribution in [0.25, 0.3) is 10.6 Å². The Bertz CT molecular complexity index is 694. The minimum atomic E-state index is -0.145. The topological polar surface area (TPSA) is 38.1 Å². The fraction of sp³-hybridized carbons (Fsp3) is 0.188. The van der Waals surface area contributed by atoms with Gasteiger partial charge < -0.3 is 9.73 Å². The highest BCUT2D eigenvalue weighted by molar-refractivity contribution is 7.15. The average molecular weight is 302 g/mol. The van der Waals surface area contributed by atoms with Gasteiger partial charge in [0.05, 0.1) is 11.1 Å². The summed E-state index contributed by atoms with van der Waals surface area (Å²) in [5, 5.41) is 4.28. The molecule has 2 aromatic heterocycles. The highest BCUT2D eigenvalue weighted by Crippen LogP contribution is 2.26. The van der Waals surface area contributed by atoms with E-state index in [1.807, 2.05) is 30.5 Å². The predicted molar refractivity (Wildman–Crippen MR) is 81.6 cm³/mol. The lowest BCUT2D eigenvalue weighted by Crippen LogP contribution is -2.16. The van der Waals surface area contributed by atoms with Crippen molar-refractivity contribution in [1.29, 1.82) is 0 Å². The van der Waals surface area contributed by atoms with Gasteiger partial charge in [-0.05, 0) is 36.7 Å². The standard InChI is InChI=1S/C16H15FN2OS/c17-13-5-2-1-4-12(13)7-8-18-11-16-19-10-15(21-16)14-6-3-9-20-14/h1-6,9-10,18H,7-8,11H2. The van der Waals surface area contributed by atoms with E-state index in [9.17, 15) is 4.39 Å². The van der Waals surface area contributed by atoms with Gasteiger partial charge in [-0.25, -0.2) is 9.37 Å². The van der Waals surface area contributed by atoms with E-state index in [-0.39, 0.29) is 5.82 Å². The summed E-state index contributed by atoms with van der Waals surface area (Å²) >= 11 is 1.60. The van der Waals surface area contributed by atoms with Gasteiger partial charge in [0.15, 0.2) is 0 Å². The van der Waals surface area contributed by atoms with Gasteiger partial charge in [0.25, 0.3) is 0 Å². The first-order valence-electron chi connectivity index (χ1n) is 6.75. The summed E-state index contributed by atoms with van der Waals surface area (Å²) in [6, 6.07) is 10.7. The molecule has 3 nitrogen and oxygen atoms in total. The summed E-state index contributed by atoms with van der Waals surface area (Å²) in [6.45, 7) is 1.40. The number of furan rings is 1. The molecule has 0 saturated carbocycles. The van der Waals surface area contributed by atoms with Gasteiger partial charge in [0.1, 0.15) is 16.6 Å². The van der Waals surface area contributed by atoms with Gasteiger partial charge >= 0.3 is 0 Å². The molecule has 0 fully saturated rings. The van der Waals surface area contributed by atoms with Crippen LogP contribution in [0.5, 0.6) is 0 Å². The van der Waals surface area contributed by atoms with Crippen molar-refractivity contribution in [2.24, 2.45) is 0 Å². The van der Waals surface area contributed by atoms with Crippen molar-refractivity contribution >= 4 is 11.3 Å². The second kappa shape index (κ2) is 6.65. The number of benzene rings is 1. The molecule has 0 spiro atoms. The van der Waals surface area contributed by atoms with Crippen LogP contribution in [0.15, 0.2) is 53.3 Å². The van der Waals surface area contributed by atoms with Gasteiger partial charge in [0, 0.05) is 12.7 Å². The van der Waals surface area contributed by atoms with E-state index in [4.69, 9.17) is 4.42 Å². The number of halogens is 1. The zero-order valence-electron chi connectivity index (χ0n) is 11.4. The maximum atomic E-state index is 13.5. The molecule has 108 valence electrons. The van der Waals surface area contributed by atoms with Crippen molar-refractivity contribution in [3.63, 3.8) is 0 Å². The summed E-state index contributed by atoms with van der Waals surface area (Å²) < 4.78 is 18.8. The monoisotopic (exact) mass is 302 g/mol. The van der Waals surface area contributed by atoms with E-state index >= 15 is 0 Å². The minimum absolute atomic E-state index is 0.145. The van der Waals surface area contributed by atoms with Crippen LogP contribution >= 0.6 is 11.3 Å². The molecule has 21 heavy (non-hydrogen) atoms. The van der Waals surface area contributed by atoms with Gasteiger partial charge in [-0.2, -0.15) is 0 Å². The molecular formula is C16H15FN2OS. The molecular weight excluding hydrogens is 287 g/mol. The van der Waals surface area contributed by atoms with E-state index in [1.165, 1.54) is 6.07 Å². The Morgan fingerprint density at radius 1 is 1.19 bits per heavy atom. The molecule has 0 unspecified atom stereocenters. The molecule has 3 aromatic rings. The number of hydrogen-bond acceptors (Lipinski definition) is 4. The molecule has 5 heteroatoms. The minimum Gasteiger partial charge on any atom is -0.463 e. The molecule has 0 amide bonds. The lowest BCUT2D eigenvalue weighted by molar-refractivity contribution is 0.583. The maximum absolute atomic E-state index is 13.5. The Labute approximate surface area is 126 Å². The van der Waals surface area contributed by atoms with Crippen LogP contribution < -0.4 is 5.32 Å². The van der Waals surface area contributed by atoms with Crippen LogP contribution in [0.1, 0.15) is 10.6 Å². The van der Waals surface area contributed by atoms with Crippen LogP contribution in [-0.2, 0) is 13.0 Å². The zero-order valence-corrected chi connectivity index (χ0v) is 12.2. The molecule has 1 N–H and O–H groups in total. The van der Waals surface area contributed by atoms with Crippen LogP contribution in [-0.4, -0.2) is 11.5 Å². The fourth-order valence-corrected chi connectivity index (χ4v) is 2.90. The van der Waals surface area contributed by atoms with Crippen LogP contribution in [0.3, 0.4) is 0 Å². The van der Waals surface area contributed by atoms with Crippen LogP contribution in [0.4, 0.5) is 4.39 Å². The fourth-order valence-electron chi connectivity index (χ4n) is 2.04. The molecule has 0 saturated heterocycles. The number of nitrogens with zero attached hydrogens (tertiary/aromatic N) is 1. The summed E-state index contributed by atoms with van der Waals surface area (Å²) in [6.07, 6.45) is 4.14. The van der Waals surface area contributed by atoms with Crippen LogP contribution in [0, 0.1) is 5.82 Å². The number of hydrogen-bond donors (Lipinski definition) is 1. The third-order valence-electron chi connectivity index (χ3n) is 3.12. The van der Waals surface area contributed by atoms with E-state index in [2.05, 4.69) is 10.3 Å². The van der Waals surface area contributed by atoms with Crippen molar-refractivity contribution in [3.05, 3.63) is 65.2 Å². The molecule has 0 aliphatic rings. The van der Waals surface area contributed by atoms with Gasteiger partial charge in [-0.15, -0.1) is 11.3 Å². The third-order valence-corrected chi connectivity index (χ3v) is 4.13. The normalized spacial score (nSPS) is 10.9. The molecule has 0 aliphatic carbocycles. The Balaban J connectivity index is 1.49. The van der Waals surface area contributed by atoms with E-state index in [1.54, 1.807) is 23.7 Å². The summed E-state index contributed by atoms with van der Waals surface area (Å²) in [7, 11) is 0. The van der Waals surface area contributed by atoms with Gasteiger partial charge in [0.2, 0.25) is 0 Å². The number of nitrogens with one attached hydrogen (secondary N) is 1. The highest BCUT2D eigenvalue weighted by atomic mass is 32.1. The number of rotatable bonds is 6. The van der Waals surface area contributed by atoms with Gasteiger partial charge in [-0.1, -0.05) is 18.2 Å². The molecule has 2 heterocycles. The average Bonchev–Trinajstić information content (AvgIpc) is 3.16. The van der Waals surface area contributed by atoms with E-state index in [0.29, 0.717) is 13.0 Å². The predicted octanol–water partition coefficient (Wildman–Crippen LogP) is 3.87. The Kier molecular flexibility index (Phi) is 4.43. The first-order chi connectivity index (χ1) is 10.3. The Morgan fingerprint density at radius 3 is 2.90 bits per heavy atom. The summed E-state index contributed by atoms with van der Waals surface area (Å²) in [5.74, 6) is 0.693. The highest BCUT2D eigenvalue weighted by Gasteiger charge is 2.06. The number of thiazole rings is 1. The molecule has 3 rings (SSSR count). The molecule has 0 atom stereocenters. The molecule has 0 bridgehead atoms. The van der Waals surface area contributed by atoms with Crippen molar-refractivity contribution in [2.75, 3.05) is 6.54 Å². The smallest absolute Gasteiger partial charge is 0.145 e. The summed E-state index contributed by atoms with van der Waals surface area (Å²) in [4.78, 5) is 5.38. The number of aromatic nitrogens is 1. The van der Waals surface area contributed by atoms with Crippen LogP contribution in [0.2, 0.25) is 0 Å². The quantitative estimate of drug-likeness (QED) is 0.702. The largest absolute Gasteiger partial charge is 0.463 e. The van der Waals surface area contributed by atoms with E-state index in [0.717, 1.165) is 27.8 Å². The third kappa shape index (κ3) is 3.56. The Hall–Kier alpha value is -1.98. The lowest BCUT2D eigenvalue weighted by atomic mass is 10.1. The first-order valence-corrected chi connectivity index (χ1v) is 7.57. The SMILES string of the molecule is Fc1ccccc1CCNCc1ncc(-c2ccco2)s1. The van der Waals surface area contributed by atoms with Crippen molar-refractivity contribution in [1.82, 2.24) is 10.3 Å². The second-order valence-electron chi connectivity index (χ2n) is 4.61. The van der Waals surface area contributed by atoms with Crippen molar-refractivity contribution in [2.45, 2.75) is 13.0 Å².